The van der Waals surface area contributed by atoms with Crippen molar-refractivity contribution in [3.63, 3.8) is 0 Å². The average molecular weight is 339 g/mol. The van der Waals surface area contributed by atoms with E-state index in [1.54, 1.807) is 7.05 Å². The smallest absolute Gasteiger partial charge is 0.256 e. The van der Waals surface area contributed by atoms with Gasteiger partial charge in [0, 0.05) is 13.6 Å². The fourth-order valence-electron chi connectivity index (χ4n) is 1.77. The second-order valence-electron chi connectivity index (χ2n) is 4.86. The fraction of sp³-hybridized carbons (Fsp3) is 0.417. The summed E-state index contributed by atoms with van der Waals surface area (Å²) in [5.41, 5.74) is -0.0528. The molecular formula is C12H16Cl2N2O3S. The number of hydrogen-bond acceptors (Lipinski definition) is 3. The van der Waals surface area contributed by atoms with Crippen molar-refractivity contribution in [2.24, 2.45) is 11.1 Å². The van der Waals surface area contributed by atoms with E-state index in [4.69, 9.17) is 28.3 Å². The molecule has 2 N–H and O–H groups in total. The monoisotopic (exact) mass is 338 g/mol. The van der Waals surface area contributed by atoms with Crippen molar-refractivity contribution in [1.29, 1.82) is 0 Å². The lowest BCUT2D eigenvalue weighted by Gasteiger charge is -2.21. The standard InChI is InChI=1S/C12H16Cl2N2O3S/c1-7(2)6-16(3)12(17)10-8(13)4-5-9(11(10)14)20(15,18)19/h4-5,7H,6H2,1-3H3,(H2,15,18,19). The van der Waals surface area contributed by atoms with Crippen LogP contribution in [0.5, 0.6) is 0 Å². The average Bonchev–Trinajstić information content (AvgIpc) is 2.25. The van der Waals surface area contributed by atoms with Gasteiger partial charge in [0.25, 0.3) is 5.91 Å². The van der Waals surface area contributed by atoms with Crippen molar-refractivity contribution in [1.82, 2.24) is 4.90 Å². The highest BCUT2D eigenvalue weighted by Gasteiger charge is 2.24. The summed E-state index contributed by atoms with van der Waals surface area (Å²) in [5.74, 6) is -0.192. The van der Waals surface area contributed by atoms with Crippen LogP contribution in [0.25, 0.3) is 0 Å². The van der Waals surface area contributed by atoms with Crippen molar-refractivity contribution in [3.8, 4) is 0 Å². The van der Waals surface area contributed by atoms with E-state index in [9.17, 15) is 13.2 Å². The minimum atomic E-state index is -4.02. The Hall–Kier alpha value is -0.820. The van der Waals surface area contributed by atoms with Gasteiger partial charge in [-0.1, -0.05) is 37.0 Å². The SMILES string of the molecule is CC(C)CN(C)C(=O)c1c(Cl)ccc(S(N)(=O)=O)c1Cl. The van der Waals surface area contributed by atoms with Crippen LogP contribution in [-0.4, -0.2) is 32.8 Å². The molecule has 20 heavy (non-hydrogen) atoms. The lowest BCUT2D eigenvalue weighted by molar-refractivity contribution is 0.0779. The number of amides is 1. The first-order valence-electron chi connectivity index (χ1n) is 5.82. The number of sulfonamides is 1. The summed E-state index contributed by atoms with van der Waals surface area (Å²) in [5, 5.41) is 4.89. The summed E-state index contributed by atoms with van der Waals surface area (Å²) < 4.78 is 22.8. The summed E-state index contributed by atoms with van der Waals surface area (Å²) in [6, 6.07) is 2.48. The van der Waals surface area contributed by atoms with E-state index in [1.165, 1.54) is 17.0 Å². The zero-order valence-electron chi connectivity index (χ0n) is 11.4. The van der Waals surface area contributed by atoms with Crippen LogP contribution >= 0.6 is 23.2 Å². The summed E-state index contributed by atoms with van der Waals surface area (Å²) in [4.78, 5) is 13.4. The zero-order valence-corrected chi connectivity index (χ0v) is 13.7. The van der Waals surface area contributed by atoms with Crippen molar-refractivity contribution < 1.29 is 13.2 Å². The molecule has 1 aromatic rings. The summed E-state index contributed by atoms with van der Waals surface area (Å²) in [7, 11) is -2.42. The maximum absolute atomic E-state index is 12.3. The zero-order chi connectivity index (χ0) is 15.7. The largest absolute Gasteiger partial charge is 0.341 e. The van der Waals surface area contributed by atoms with E-state index < -0.39 is 15.9 Å². The van der Waals surface area contributed by atoms with Crippen molar-refractivity contribution >= 4 is 39.1 Å². The molecule has 0 saturated heterocycles. The highest BCUT2D eigenvalue weighted by atomic mass is 35.5. The molecule has 0 spiro atoms. The number of primary sulfonamides is 1. The number of nitrogens with zero attached hydrogens (tertiary/aromatic N) is 1. The van der Waals surface area contributed by atoms with Gasteiger partial charge in [-0.25, -0.2) is 13.6 Å². The first-order valence-corrected chi connectivity index (χ1v) is 8.12. The normalized spacial score (nSPS) is 11.8. The number of hydrogen-bond donors (Lipinski definition) is 1. The molecule has 0 saturated carbocycles. The fourth-order valence-corrected chi connectivity index (χ4v) is 3.24. The van der Waals surface area contributed by atoms with Gasteiger partial charge in [-0.15, -0.1) is 0 Å². The maximum Gasteiger partial charge on any atom is 0.256 e. The van der Waals surface area contributed by atoms with Gasteiger partial charge in [0.15, 0.2) is 0 Å². The molecule has 0 bridgehead atoms. The summed E-state index contributed by atoms with van der Waals surface area (Å²) in [6.07, 6.45) is 0. The van der Waals surface area contributed by atoms with Gasteiger partial charge in [0.2, 0.25) is 10.0 Å². The number of rotatable bonds is 4. The van der Waals surface area contributed by atoms with E-state index in [-0.39, 0.29) is 26.4 Å². The van der Waals surface area contributed by atoms with Crippen LogP contribution in [0.3, 0.4) is 0 Å². The number of halogens is 2. The van der Waals surface area contributed by atoms with Gasteiger partial charge in [-0.3, -0.25) is 4.79 Å². The van der Waals surface area contributed by atoms with Gasteiger partial charge >= 0.3 is 0 Å². The second-order valence-corrected chi connectivity index (χ2v) is 7.17. The first kappa shape index (κ1) is 17.2. The third-order valence-corrected chi connectivity index (χ3v) is 4.33. The first-order chi connectivity index (χ1) is 9.05. The van der Waals surface area contributed by atoms with Gasteiger partial charge in [-0.2, -0.15) is 0 Å². The molecule has 0 unspecified atom stereocenters. The van der Waals surface area contributed by atoms with E-state index in [2.05, 4.69) is 0 Å². The molecule has 0 aliphatic rings. The van der Waals surface area contributed by atoms with Crippen molar-refractivity contribution in [2.75, 3.05) is 13.6 Å². The van der Waals surface area contributed by atoms with E-state index in [0.29, 0.717) is 6.54 Å². The van der Waals surface area contributed by atoms with Gasteiger partial charge < -0.3 is 4.90 Å². The number of benzene rings is 1. The molecule has 8 heteroatoms. The number of carbonyl (C=O) groups is 1. The van der Waals surface area contributed by atoms with Crippen LogP contribution in [0.4, 0.5) is 0 Å². The summed E-state index contributed by atoms with van der Waals surface area (Å²) in [6.45, 7) is 4.40. The predicted octanol–water partition coefficient (Wildman–Crippen LogP) is 2.37. The minimum absolute atomic E-state index is 0.0528. The molecule has 0 radical (unpaired) electrons. The van der Waals surface area contributed by atoms with Crippen LogP contribution < -0.4 is 5.14 Å². The molecule has 0 heterocycles. The number of nitrogens with two attached hydrogens (primary N) is 1. The lowest BCUT2D eigenvalue weighted by atomic mass is 10.1. The molecule has 0 atom stereocenters. The maximum atomic E-state index is 12.3. The Morgan fingerprint density at radius 2 is 1.90 bits per heavy atom. The molecule has 1 rings (SSSR count). The van der Waals surface area contributed by atoms with E-state index in [0.717, 1.165) is 0 Å². The van der Waals surface area contributed by atoms with Gasteiger partial charge in [0.1, 0.15) is 4.90 Å². The van der Waals surface area contributed by atoms with Gasteiger partial charge in [0.05, 0.1) is 15.6 Å². The molecule has 112 valence electrons. The Morgan fingerprint density at radius 3 is 2.35 bits per heavy atom. The molecule has 0 aromatic heterocycles. The van der Waals surface area contributed by atoms with E-state index >= 15 is 0 Å². The third-order valence-electron chi connectivity index (χ3n) is 2.56. The quantitative estimate of drug-likeness (QED) is 0.914. The molecule has 0 fully saturated rings. The Labute approximate surface area is 128 Å². The van der Waals surface area contributed by atoms with Crippen LogP contribution in [-0.2, 0) is 10.0 Å². The Bertz CT molecular complexity index is 630. The Morgan fingerprint density at radius 1 is 1.35 bits per heavy atom. The Kier molecular flexibility index (Phi) is 5.43. The van der Waals surface area contributed by atoms with Crippen molar-refractivity contribution in [3.05, 3.63) is 27.7 Å². The molecule has 1 amide bonds. The molecule has 5 nitrogen and oxygen atoms in total. The molecule has 1 aromatic carbocycles. The lowest BCUT2D eigenvalue weighted by Crippen LogP contribution is -2.31. The molecule has 0 aliphatic carbocycles. The number of carbonyl (C=O) groups excluding carboxylic acids is 1. The second kappa shape index (κ2) is 6.30. The summed E-state index contributed by atoms with van der Waals surface area (Å²) >= 11 is 11.9. The van der Waals surface area contributed by atoms with Crippen LogP contribution in [0.1, 0.15) is 24.2 Å². The van der Waals surface area contributed by atoms with E-state index in [1.807, 2.05) is 13.8 Å². The Balaban J connectivity index is 3.35. The van der Waals surface area contributed by atoms with Crippen LogP contribution in [0, 0.1) is 5.92 Å². The predicted molar refractivity (Wildman–Crippen MR) is 79.6 cm³/mol. The topological polar surface area (TPSA) is 80.5 Å². The molecule has 0 aliphatic heterocycles. The third kappa shape index (κ3) is 3.85. The highest BCUT2D eigenvalue weighted by Crippen LogP contribution is 2.31. The highest BCUT2D eigenvalue weighted by molar-refractivity contribution is 7.89. The van der Waals surface area contributed by atoms with Crippen molar-refractivity contribution in [2.45, 2.75) is 18.7 Å². The van der Waals surface area contributed by atoms with Crippen LogP contribution in [0.15, 0.2) is 17.0 Å². The molecular weight excluding hydrogens is 323 g/mol. The van der Waals surface area contributed by atoms with Gasteiger partial charge in [-0.05, 0) is 18.1 Å². The van der Waals surface area contributed by atoms with Crippen LogP contribution in [0.2, 0.25) is 10.0 Å². The minimum Gasteiger partial charge on any atom is -0.341 e.